The molecule has 0 saturated heterocycles. The minimum Gasteiger partial charge on any atom is -0.494 e. The summed E-state index contributed by atoms with van der Waals surface area (Å²) in [5.74, 6) is 0.662. The quantitative estimate of drug-likeness (QED) is 0.891. The molecule has 1 heterocycles. The molecule has 0 aliphatic rings. The molecule has 3 nitrogen and oxygen atoms in total. The molecule has 1 atom stereocenters. The smallest absolute Gasteiger partial charge is 0.145 e. The maximum Gasteiger partial charge on any atom is 0.145 e. The van der Waals surface area contributed by atoms with E-state index in [1.54, 1.807) is 26.2 Å². The van der Waals surface area contributed by atoms with Crippen LogP contribution in [0.3, 0.4) is 0 Å². The number of methoxy groups -OCH3 is 1. The van der Waals surface area contributed by atoms with Gasteiger partial charge in [-0.25, -0.2) is 4.98 Å². The van der Waals surface area contributed by atoms with Gasteiger partial charge >= 0.3 is 0 Å². The van der Waals surface area contributed by atoms with Crippen LogP contribution in [0.25, 0.3) is 10.9 Å². The Labute approximate surface area is 105 Å². The molecule has 1 unspecified atom stereocenters. The van der Waals surface area contributed by atoms with E-state index in [-0.39, 0.29) is 0 Å². The summed E-state index contributed by atoms with van der Waals surface area (Å²) in [5, 5.41) is 11.1. The van der Waals surface area contributed by atoms with E-state index in [0.717, 1.165) is 16.6 Å². The largest absolute Gasteiger partial charge is 0.494 e. The minimum atomic E-state index is -0.594. The fourth-order valence-corrected chi connectivity index (χ4v) is 2.19. The second-order valence-corrected chi connectivity index (χ2v) is 4.41. The lowest BCUT2D eigenvalue weighted by Gasteiger charge is -2.13. The predicted octanol–water partition coefficient (Wildman–Crippen LogP) is 3.26. The van der Waals surface area contributed by atoms with Crippen LogP contribution in [0.15, 0.2) is 18.2 Å². The fraction of sp³-hybridized carbons (Fsp3) is 0.308. The first-order chi connectivity index (χ1) is 8.04. The first kappa shape index (κ1) is 12.1. The van der Waals surface area contributed by atoms with Crippen molar-refractivity contribution in [1.29, 1.82) is 0 Å². The second kappa shape index (κ2) is 4.51. The molecule has 0 aliphatic heterocycles. The summed E-state index contributed by atoms with van der Waals surface area (Å²) in [6.07, 6.45) is -0.594. The van der Waals surface area contributed by atoms with Gasteiger partial charge in [-0.3, -0.25) is 0 Å². The van der Waals surface area contributed by atoms with Crippen molar-refractivity contribution < 1.29 is 9.84 Å². The summed E-state index contributed by atoms with van der Waals surface area (Å²) < 4.78 is 5.27. The number of aryl methyl sites for hydroxylation is 1. The highest BCUT2D eigenvalue weighted by Crippen LogP contribution is 2.35. The van der Waals surface area contributed by atoms with Crippen LogP contribution in [-0.2, 0) is 0 Å². The van der Waals surface area contributed by atoms with Crippen molar-refractivity contribution in [2.75, 3.05) is 7.11 Å². The molecule has 0 saturated carbocycles. The lowest BCUT2D eigenvalue weighted by molar-refractivity contribution is 0.200. The maximum atomic E-state index is 9.81. The summed E-state index contributed by atoms with van der Waals surface area (Å²) in [7, 11) is 1.59. The monoisotopic (exact) mass is 251 g/mol. The third-order valence-corrected chi connectivity index (χ3v) is 3.02. The zero-order chi connectivity index (χ0) is 12.6. The van der Waals surface area contributed by atoms with Gasteiger partial charge in [0, 0.05) is 11.1 Å². The first-order valence-corrected chi connectivity index (χ1v) is 5.74. The number of rotatable bonds is 2. The van der Waals surface area contributed by atoms with Crippen LogP contribution < -0.4 is 4.74 Å². The number of nitrogens with zero attached hydrogens (tertiary/aromatic N) is 1. The van der Waals surface area contributed by atoms with Gasteiger partial charge in [-0.2, -0.15) is 0 Å². The Morgan fingerprint density at radius 3 is 2.71 bits per heavy atom. The van der Waals surface area contributed by atoms with Crippen LogP contribution in [0.2, 0.25) is 5.02 Å². The van der Waals surface area contributed by atoms with Crippen LogP contribution in [0, 0.1) is 6.92 Å². The Bertz CT molecular complexity index is 567. The number of pyridine rings is 1. The van der Waals surface area contributed by atoms with Crippen molar-refractivity contribution in [2.45, 2.75) is 20.0 Å². The van der Waals surface area contributed by atoms with Crippen LogP contribution in [0.4, 0.5) is 0 Å². The lowest BCUT2D eigenvalue weighted by atomic mass is 10.0. The summed E-state index contributed by atoms with van der Waals surface area (Å²) in [6, 6.07) is 5.38. The van der Waals surface area contributed by atoms with Gasteiger partial charge in [0.25, 0.3) is 0 Å². The van der Waals surface area contributed by atoms with Crippen molar-refractivity contribution in [3.63, 3.8) is 0 Å². The lowest BCUT2D eigenvalue weighted by Crippen LogP contribution is -1.98. The molecule has 0 amide bonds. The van der Waals surface area contributed by atoms with Crippen LogP contribution in [0.1, 0.15) is 24.3 Å². The molecule has 0 bridgehead atoms. The summed E-state index contributed by atoms with van der Waals surface area (Å²) >= 11 is 6.18. The van der Waals surface area contributed by atoms with Gasteiger partial charge in [-0.15, -0.1) is 0 Å². The van der Waals surface area contributed by atoms with E-state index in [1.807, 2.05) is 13.0 Å². The molecule has 0 spiro atoms. The Kier molecular flexibility index (Phi) is 3.22. The van der Waals surface area contributed by atoms with Gasteiger partial charge in [0.2, 0.25) is 0 Å². The Morgan fingerprint density at radius 1 is 1.41 bits per heavy atom. The number of hydrogen-bond acceptors (Lipinski definition) is 3. The van der Waals surface area contributed by atoms with Crippen LogP contribution in [0.5, 0.6) is 5.75 Å². The third kappa shape index (κ3) is 2.08. The fourth-order valence-electron chi connectivity index (χ4n) is 1.93. The number of benzene rings is 1. The summed E-state index contributed by atoms with van der Waals surface area (Å²) in [6.45, 7) is 3.59. The van der Waals surface area contributed by atoms with E-state index in [9.17, 15) is 5.11 Å². The van der Waals surface area contributed by atoms with E-state index in [4.69, 9.17) is 16.3 Å². The van der Waals surface area contributed by atoms with Gasteiger partial charge in [-0.05, 0) is 37.6 Å². The number of halogens is 1. The standard InChI is InChI=1S/C13H14ClNO2/c1-7-6-9(8(2)16)12-10(14)4-5-11(17-3)13(12)15-7/h4-6,8,16H,1-3H3. The normalized spacial score (nSPS) is 12.8. The number of fused-ring (bicyclic) bond motifs is 1. The van der Waals surface area contributed by atoms with Gasteiger partial charge in [0.15, 0.2) is 0 Å². The minimum absolute atomic E-state index is 0.573. The molecule has 1 aromatic heterocycles. The Hall–Kier alpha value is -1.32. The van der Waals surface area contributed by atoms with Gasteiger partial charge in [0.05, 0.1) is 18.2 Å². The number of aliphatic hydroxyl groups excluding tert-OH is 1. The summed E-state index contributed by atoms with van der Waals surface area (Å²) in [4.78, 5) is 4.43. The first-order valence-electron chi connectivity index (χ1n) is 5.36. The van der Waals surface area contributed by atoms with E-state index in [0.29, 0.717) is 16.3 Å². The summed E-state index contributed by atoms with van der Waals surface area (Å²) in [5.41, 5.74) is 2.29. The molecule has 0 radical (unpaired) electrons. The predicted molar refractivity (Wildman–Crippen MR) is 68.7 cm³/mol. The molecular formula is C13H14ClNO2. The highest BCUT2D eigenvalue weighted by atomic mass is 35.5. The van der Waals surface area contributed by atoms with Crippen molar-refractivity contribution in [2.24, 2.45) is 0 Å². The zero-order valence-electron chi connectivity index (χ0n) is 9.99. The topological polar surface area (TPSA) is 42.4 Å². The second-order valence-electron chi connectivity index (χ2n) is 4.00. The third-order valence-electron chi connectivity index (χ3n) is 2.70. The average Bonchev–Trinajstić information content (AvgIpc) is 2.28. The van der Waals surface area contributed by atoms with E-state index in [2.05, 4.69) is 4.98 Å². The van der Waals surface area contributed by atoms with Crippen LogP contribution in [-0.4, -0.2) is 17.2 Å². The van der Waals surface area contributed by atoms with Gasteiger partial charge < -0.3 is 9.84 Å². The van der Waals surface area contributed by atoms with Gasteiger partial charge in [0.1, 0.15) is 11.3 Å². The molecular weight excluding hydrogens is 238 g/mol. The molecule has 2 rings (SSSR count). The van der Waals surface area contributed by atoms with E-state index in [1.165, 1.54) is 0 Å². The van der Waals surface area contributed by atoms with Crippen molar-refractivity contribution in [3.8, 4) is 5.75 Å². The average molecular weight is 252 g/mol. The van der Waals surface area contributed by atoms with Crippen molar-refractivity contribution in [3.05, 3.63) is 34.5 Å². The van der Waals surface area contributed by atoms with Crippen molar-refractivity contribution in [1.82, 2.24) is 4.98 Å². The van der Waals surface area contributed by atoms with E-state index >= 15 is 0 Å². The maximum absolute atomic E-state index is 9.81. The zero-order valence-corrected chi connectivity index (χ0v) is 10.7. The Balaban J connectivity index is 2.92. The number of aliphatic hydroxyl groups is 1. The van der Waals surface area contributed by atoms with Crippen molar-refractivity contribution >= 4 is 22.5 Å². The van der Waals surface area contributed by atoms with Crippen LogP contribution >= 0.6 is 11.6 Å². The molecule has 4 heteroatoms. The van der Waals surface area contributed by atoms with Gasteiger partial charge in [-0.1, -0.05) is 11.6 Å². The molecule has 0 fully saturated rings. The molecule has 90 valence electrons. The van der Waals surface area contributed by atoms with E-state index < -0.39 is 6.10 Å². The molecule has 1 aromatic carbocycles. The SMILES string of the molecule is COc1ccc(Cl)c2c(C(C)O)cc(C)nc12. The highest BCUT2D eigenvalue weighted by molar-refractivity contribution is 6.36. The number of aromatic nitrogens is 1. The molecule has 0 aliphatic carbocycles. The Morgan fingerprint density at radius 2 is 2.12 bits per heavy atom. The molecule has 1 N–H and O–H groups in total. The number of ether oxygens (including phenoxy) is 1. The molecule has 17 heavy (non-hydrogen) atoms. The highest BCUT2D eigenvalue weighted by Gasteiger charge is 2.14. The molecule has 2 aromatic rings. The number of hydrogen-bond donors (Lipinski definition) is 1.